The first-order valence-electron chi connectivity index (χ1n) is 7.22. The lowest BCUT2D eigenvalue weighted by Gasteiger charge is -1.99. The lowest BCUT2D eigenvalue weighted by molar-refractivity contribution is 0.670. The molecular formula is C20H11BrO. The third-order valence-electron chi connectivity index (χ3n) is 4.26. The molecule has 0 unspecified atom stereocenters. The van der Waals surface area contributed by atoms with Crippen LogP contribution in [0.15, 0.2) is 75.6 Å². The van der Waals surface area contributed by atoms with E-state index in [1.54, 1.807) is 0 Å². The van der Waals surface area contributed by atoms with Crippen molar-refractivity contribution in [3.8, 4) is 0 Å². The molecule has 0 bridgehead atoms. The van der Waals surface area contributed by atoms with Gasteiger partial charge < -0.3 is 4.42 Å². The van der Waals surface area contributed by atoms with Gasteiger partial charge in [-0.05, 0) is 57.9 Å². The maximum absolute atomic E-state index is 6.09. The van der Waals surface area contributed by atoms with Crippen LogP contribution in [0.5, 0.6) is 0 Å². The lowest BCUT2D eigenvalue weighted by atomic mass is 10.0. The highest BCUT2D eigenvalue weighted by atomic mass is 79.9. The molecule has 104 valence electrons. The van der Waals surface area contributed by atoms with Crippen molar-refractivity contribution in [3.05, 3.63) is 71.2 Å². The summed E-state index contributed by atoms with van der Waals surface area (Å²) >= 11 is 3.53. The second-order valence-electron chi connectivity index (χ2n) is 5.64. The molecule has 5 aromatic rings. The standard InChI is InChI=1S/C20H11BrO/c21-16-6-5-14-9-18-17-8-12-3-1-2-4-13(12)10-19(17)22-20(18)11-15(14)7-16/h1-11H. The average molecular weight is 347 g/mol. The molecule has 1 nitrogen and oxygen atoms in total. The van der Waals surface area contributed by atoms with Gasteiger partial charge >= 0.3 is 0 Å². The average Bonchev–Trinajstić information content (AvgIpc) is 2.87. The highest BCUT2D eigenvalue weighted by molar-refractivity contribution is 9.10. The molecule has 0 saturated heterocycles. The van der Waals surface area contributed by atoms with Crippen LogP contribution in [0.1, 0.15) is 0 Å². The van der Waals surface area contributed by atoms with Crippen molar-refractivity contribution in [2.75, 3.05) is 0 Å². The zero-order valence-corrected chi connectivity index (χ0v) is 13.2. The van der Waals surface area contributed by atoms with Crippen LogP contribution in [0.2, 0.25) is 0 Å². The van der Waals surface area contributed by atoms with Crippen LogP contribution in [0.4, 0.5) is 0 Å². The molecule has 0 fully saturated rings. The molecule has 0 saturated carbocycles. The van der Waals surface area contributed by atoms with E-state index < -0.39 is 0 Å². The Bertz CT molecular complexity index is 1180. The Morgan fingerprint density at radius 3 is 1.91 bits per heavy atom. The van der Waals surface area contributed by atoms with Crippen molar-refractivity contribution in [2.45, 2.75) is 0 Å². The minimum atomic E-state index is 0.941. The minimum absolute atomic E-state index is 0.941. The molecule has 0 N–H and O–H groups in total. The summed E-state index contributed by atoms with van der Waals surface area (Å²) in [5.41, 5.74) is 1.89. The Kier molecular flexibility index (Phi) is 2.42. The Morgan fingerprint density at radius 2 is 1.18 bits per heavy atom. The molecule has 1 aromatic heterocycles. The van der Waals surface area contributed by atoms with Crippen LogP contribution < -0.4 is 0 Å². The Hall–Kier alpha value is -2.32. The smallest absolute Gasteiger partial charge is 0.136 e. The molecule has 2 heteroatoms. The van der Waals surface area contributed by atoms with Gasteiger partial charge in [0.1, 0.15) is 11.2 Å². The molecule has 0 radical (unpaired) electrons. The van der Waals surface area contributed by atoms with E-state index in [0.29, 0.717) is 0 Å². The third-order valence-corrected chi connectivity index (χ3v) is 4.75. The van der Waals surface area contributed by atoms with Gasteiger partial charge in [0.2, 0.25) is 0 Å². The lowest BCUT2D eigenvalue weighted by Crippen LogP contribution is -1.74. The van der Waals surface area contributed by atoms with Crippen molar-refractivity contribution >= 4 is 59.4 Å². The molecule has 22 heavy (non-hydrogen) atoms. The van der Waals surface area contributed by atoms with Gasteiger partial charge in [0, 0.05) is 15.2 Å². The topological polar surface area (TPSA) is 13.1 Å². The fraction of sp³-hybridized carbons (Fsp3) is 0. The van der Waals surface area contributed by atoms with Crippen LogP contribution in [0.3, 0.4) is 0 Å². The first-order chi connectivity index (χ1) is 10.8. The summed E-state index contributed by atoms with van der Waals surface area (Å²) in [4.78, 5) is 0. The fourth-order valence-corrected chi connectivity index (χ4v) is 3.55. The quantitative estimate of drug-likeness (QED) is 0.305. The van der Waals surface area contributed by atoms with E-state index in [4.69, 9.17) is 4.42 Å². The summed E-state index contributed by atoms with van der Waals surface area (Å²) in [6, 6.07) is 23.4. The van der Waals surface area contributed by atoms with Gasteiger partial charge in [-0.2, -0.15) is 0 Å². The number of furan rings is 1. The molecule has 5 rings (SSSR count). The van der Waals surface area contributed by atoms with Crippen molar-refractivity contribution < 1.29 is 4.42 Å². The number of halogens is 1. The SMILES string of the molecule is Brc1ccc2cc3c(cc2c1)oc1cc2ccccc2cc13. The van der Waals surface area contributed by atoms with Crippen LogP contribution in [-0.2, 0) is 0 Å². The molecular weight excluding hydrogens is 336 g/mol. The molecule has 1 heterocycles. The van der Waals surface area contributed by atoms with Crippen LogP contribution in [-0.4, -0.2) is 0 Å². The number of fused-ring (bicyclic) bond motifs is 5. The maximum atomic E-state index is 6.09. The summed E-state index contributed by atoms with van der Waals surface area (Å²) in [7, 11) is 0. The Labute approximate surface area is 135 Å². The van der Waals surface area contributed by atoms with E-state index in [0.717, 1.165) is 15.6 Å². The van der Waals surface area contributed by atoms with Crippen LogP contribution in [0, 0.1) is 0 Å². The van der Waals surface area contributed by atoms with Crippen LogP contribution >= 0.6 is 15.9 Å². The normalized spacial score (nSPS) is 11.9. The maximum Gasteiger partial charge on any atom is 0.136 e. The van der Waals surface area contributed by atoms with Crippen molar-refractivity contribution in [2.24, 2.45) is 0 Å². The first-order valence-corrected chi connectivity index (χ1v) is 8.02. The molecule has 0 aliphatic carbocycles. The van der Waals surface area contributed by atoms with E-state index >= 15 is 0 Å². The molecule has 0 aliphatic rings. The molecule has 0 amide bonds. The molecule has 0 aliphatic heterocycles. The second-order valence-corrected chi connectivity index (χ2v) is 6.55. The zero-order valence-electron chi connectivity index (χ0n) is 11.6. The summed E-state index contributed by atoms with van der Waals surface area (Å²) in [5.74, 6) is 0. The second kappa shape index (κ2) is 4.34. The summed E-state index contributed by atoms with van der Waals surface area (Å²) in [6.07, 6.45) is 0. The van der Waals surface area contributed by atoms with E-state index in [-0.39, 0.29) is 0 Å². The predicted octanol–water partition coefficient (Wildman–Crippen LogP) is 6.65. The van der Waals surface area contributed by atoms with Gasteiger partial charge in [0.15, 0.2) is 0 Å². The summed E-state index contributed by atoms with van der Waals surface area (Å²) in [5, 5.41) is 7.22. The molecule has 0 atom stereocenters. The Balaban J connectivity index is 1.97. The van der Waals surface area contributed by atoms with E-state index in [9.17, 15) is 0 Å². The first kappa shape index (κ1) is 12.2. The zero-order chi connectivity index (χ0) is 14.7. The van der Waals surface area contributed by atoms with Crippen LogP contribution in [0.25, 0.3) is 43.5 Å². The highest BCUT2D eigenvalue weighted by Gasteiger charge is 2.09. The van der Waals surface area contributed by atoms with Gasteiger partial charge in [-0.15, -0.1) is 0 Å². The molecule has 0 spiro atoms. The highest BCUT2D eigenvalue weighted by Crippen LogP contribution is 2.35. The predicted molar refractivity (Wildman–Crippen MR) is 96.4 cm³/mol. The van der Waals surface area contributed by atoms with Gasteiger partial charge in [0.05, 0.1) is 0 Å². The third kappa shape index (κ3) is 1.71. The summed E-state index contributed by atoms with van der Waals surface area (Å²) in [6.45, 7) is 0. The van der Waals surface area contributed by atoms with Gasteiger partial charge in [-0.25, -0.2) is 0 Å². The van der Waals surface area contributed by atoms with Gasteiger partial charge in [-0.3, -0.25) is 0 Å². The van der Waals surface area contributed by atoms with Crippen molar-refractivity contribution in [3.63, 3.8) is 0 Å². The monoisotopic (exact) mass is 346 g/mol. The Morgan fingerprint density at radius 1 is 0.591 bits per heavy atom. The fourth-order valence-electron chi connectivity index (χ4n) is 3.18. The number of hydrogen-bond donors (Lipinski definition) is 0. The van der Waals surface area contributed by atoms with E-state index in [2.05, 4.69) is 82.7 Å². The van der Waals surface area contributed by atoms with E-state index in [1.165, 1.54) is 32.3 Å². The minimum Gasteiger partial charge on any atom is -0.456 e. The number of rotatable bonds is 0. The van der Waals surface area contributed by atoms with Crippen molar-refractivity contribution in [1.82, 2.24) is 0 Å². The van der Waals surface area contributed by atoms with Gasteiger partial charge in [-0.1, -0.05) is 46.3 Å². The van der Waals surface area contributed by atoms with E-state index in [1.807, 2.05) is 0 Å². The van der Waals surface area contributed by atoms with Gasteiger partial charge in [0.25, 0.3) is 0 Å². The molecule has 4 aromatic carbocycles. The summed E-state index contributed by atoms with van der Waals surface area (Å²) < 4.78 is 7.18. The number of hydrogen-bond acceptors (Lipinski definition) is 1. The number of benzene rings is 4. The largest absolute Gasteiger partial charge is 0.456 e. The van der Waals surface area contributed by atoms with Crippen molar-refractivity contribution in [1.29, 1.82) is 0 Å².